The molecule has 0 unspecified atom stereocenters. The van der Waals surface area contributed by atoms with Gasteiger partial charge in [-0.05, 0) is 34.0 Å². The fourth-order valence-electron chi connectivity index (χ4n) is 1.25. The van der Waals surface area contributed by atoms with Gasteiger partial charge in [0.25, 0.3) is 5.69 Å². The summed E-state index contributed by atoms with van der Waals surface area (Å²) in [6, 6.07) is 3.16. The van der Waals surface area contributed by atoms with Gasteiger partial charge in [0.2, 0.25) is 0 Å². The molecule has 1 aromatic carbocycles. The predicted molar refractivity (Wildman–Crippen MR) is 65.6 cm³/mol. The highest BCUT2D eigenvalue weighted by atomic mass is 127. The first-order chi connectivity index (χ1) is 6.61. The Balaban J connectivity index is 2.91. The Morgan fingerprint density at radius 3 is 2.93 bits per heavy atom. The van der Waals surface area contributed by atoms with Crippen molar-refractivity contribution in [3.63, 3.8) is 0 Å². The summed E-state index contributed by atoms with van der Waals surface area (Å²) >= 11 is 3.57. The van der Waals surface area contributed by atoms with Gasteiger partial charge in [-0.3, -0.25) is 10.1 Å². The van der Waals surface area contributed by atoms with Crippen molar-refractivity contribution in [2.24, 2.45) is 0 Å². The van der Waals surface area contributed by atoms with E-state index in [1.807, 2.05) is 5.38 Å². The minimum Gasteiger partial charge on any atom is -0.398 e. The molecule has 1 aromatic heterocycles. The molecule has 4 nitrogen and oxygen atoms in total. The molecule has 6 heteroatoms. The summed E-state index contributed by atoms with van der Waals surface area (Å²) in [7, 11) is 0. The lowest BCUT2D eigenvalue weighted by atomic mass is 10.2. The van der Waals surface area contributed by atoms with Crippen molar-refractivity contribution in [1.82, 2.24) is 0 Å². The highest BCUT2D eigenvalue weighted by molar-refractivity contribution is 14.1. The molecule has 0 saturated carbocycles. The van der Waals surface area contributed by atoms with Gasteiger partial charge >= 0.3 is 0 Å². The average molecular weight is 320 g/mol. The summed E-state index contributed by atoms with van der Waals surface area (Å²) in [5, 5.41) is 13.2. The lowest BCUT2D eigenvalue weighted by Crippen LogP contribution is -1.94. The number of halogens is 1. The third-order valence-corrected chi connectivity index (χ3v) is 4.34. The third kappa shape index (κ3) is 1.34. The van der Waals surface area contributed by atoms with Crippen LogP contribution in [0.25, 0.3) is 10.1 Å². The number of nitrogens with zero attached hydrogens (tertiary/aromatic N) is 1. The van der Waals surface area contributed by atoms with E-state index in [4.69, 9.17) is 5.73 Å². The average Bonchev–Trinajstić information content (AvgIpc) is 2.59. The topological polar surface area (TPSA) is 69.2 Å². The molecule has 0 aliphatic rings. The number of fused-ring (bicyclic) bond motifs is 1. The summed E-state index contributed by atoms with van der Waals surface area (Å²) in [5.41, 5.74) is 6.23. The van der Waals surface area contributed by atoms with Crippen LogP contribution in [-0.4, -0.2) is 4.92 Å². The molecule has 0 bridgehead atoms. The molecule has 0 aliphatic heterocycles. The number of nitrogens with two attached hydrogens (primary N) is 1. The van der Waals surface area contributed by atoms with E-state index in [1.54, 1.807) is 6.07 Å². The van der Waals surface area contributed by atoms with Crippen molar-refractivity contribution in [2.75, 3.05) is 5.73 Å². The number of rotatable bonds is 1. The highest BCUT2D eigenvalue weighted by Crippen LogP contribution is 2.36. The summed E-state index contributed by atoms with van der Waals surface area (Å²) in [6.07, 6.45) is 0. The number of hydrogen-bond donors (Lipinski definition) is 1. The van der Waals surface area contributed by atoms with Gasteiger partial charge in [0.15, 0.2) is 0 Å². The summed E-state index contributed by atoms with van der Waals surface area (Å²) in [4.78, 5) is 10.3. The van der Waals surface area contributed by atoms with E-state index in [1.165, 1.54) is 17.4 Å². The van der Waals surface area contributed by atoms with Crippen molar-refractivity contribution < 1.29 is 4.92 Å². The number of nitro benzene ring substituents is 1. The van der Waals surface area contributed by atoms with Crippen LogP contribution in [0.4, 0.5) is 11.4 Å². The quantitative estimate of drug-likeness (QED) is 0.380. The Hall–Kier alpha value is -0.890. The molecule has 0 aliphatic carbocycles. The summed E-state index contributed by atoms with van der Waals surface area (Å²) in [5.74, 6) is 0. The smallest absolute Gasteiger partial charge is 0.280 e. The van der Waals surface area contributed by atoms with Crippen LogP contribution in [0.1, 0.15) is 0 Å². The van der Waals surface area contributed by atoms with Crippen molar-refractivity contribution in [3.8, 4) is 0 Å². The molecular weight excluding hydrogens is 315 g/mol. The summed E-state index contributed by atoms with van der Waals surface area (Å²) in [6.45, 7) is 0. The fourth-order valence-corrected chi connectivity index (χ4v) is 2.94. The van der Waals surface area contributed by atoms with Crippen molar-refractivity contribution in [3.05, 3.63) is 31.2 Å². The number of benzene rings is 1. The normalized spacial score (nSPS) is 10.6. The SMILES string of the molecule is Nc1cc([N+](=O)[O-])c2ccsc2c1I. The number of anilines is 1. The van der Waals surface area contributed by atoms with Crippen LogP contribution in [0.3, 0.4) is 0 Å². The Bertz CT molecular complexity index is 523. The molecule has 0 radical (unpaired) electrons. The van der Waals surface area contributed by atoms with Gasteiger partial charge in [-0.2, -0.15) is 0 Å². The number of thiophene rings is 1. The molecule has 2 aromatic rings. The lowest BCUT2D eigenvalue weighted by Gasteiger charge is -2.00. The van der Waals surface area contributed by atoms with Gasteiger partial charge in [-0.25, -0.2) is 0 Å². The van der Waals surface area contributed by atoms with E-state index in [2.05, 4.69) is 22.6 Å². The Kier molecular flexibility index (Phi) is 2.31. The van der Waals surface area contributed by atoms with E-state index < -0.39 is 4.92 Å². The van der Waals surface area contributed by atoms with Crippen LogP contribution in [0.15, 0.2) is 17.5 Å². The van der Waals surface area contributed by atoms with E-state index >= 15 is 0 Å². The second-order valence-electron chi connectivity index (χ2n) is 2.72. The van der Waals surface area contributed by atoms with E-state index in [0.717, 1.165) is 8.27 Å². The zero-order valence-electron chi connectivity index (χ0n) is 6.86. The van der Waals surface area contributed by atoms with Gasteiger partial charge in [0.05, 0.1) is 24.3 Å². The van der Waals surface area contributed by atoms with Gasteiger partial charge in [0, 0.05) is 6.07 Å². The molecule has 14 heavy (non-hydrogen) atoms. The van der Waals surface area contributed by atoms with Crippen LogP contribution >= 0.6 is 33.9 Å². The maximum Gasteiger partial charge on any atom is 0.280 e. The first-order valence-electron chi connectivity index (χ1n) is 3.71. The fraction of sp³-hybridized carbons (Fsp3) is 0. The zero-order valence-corrected chi connectivity index (χ0v) is 9.83. The van der Waals surface area contributed by atoms with Crippen LogP contribution in [0, 0.1) is 13.7 Å². The minimum atomic E-state index is -0.401. The monoisotopic (exact) mass is 320 g/mol. The number of non-ortho nitro benzene ring substituents is 1. The lowest BCUT2D eigenvalue weighted by molar-refractivity contribution is -0.383. The molecule has 1 heterocycles. The van der Waals surface area contributed by atoms with Gasteiger partial charge in [-0.15, -0.1) is 11.3 Å². The molecule has 72 valence electrons. The molecule has 0 atom stereocenters. The largest absolute Gasteiger partial charge is 0.398 e. The third-order valence-electron chi connectivity index (χ3n) is 1.88. The number of nitrogen functional groups attached to an aromatic ring is 1. The molecule has 2 rings (SSSR count). The van der Waals surface area contributed by atoms with E-state index in [0.29, 0.717) is 11.1 Å². The predicted octanol–water partition coefficient (Wildman–Crippen LogP) is 3.00. The molecular formula is C8H5IN2O2S. The van der Waals surface area contributed by atoms with Crippen molar-refractivity contribution in [2.45, 2.75) is 0 Å². The molecule has 0 amide bonds. The minimum absolute atomic E-state index is 0.0826. The zero-order chi connectivity index (χ0) is 10.3. The van der Waals surface area contributed by atoms with Gasteiger partial charge in [-0.1, -0.05) is 0 Å². The van der Waals surface area contributed by atoms with Crippen LogP contribution < -0.4 is 5.73 Å². The first-order valence-corrected chi connectivity index (χ1v) is 5.66. The van der Waals surface area contributed by atoms with E-state index in [9.17, 15) is 10.1 Å². The number of nitro groups is 1. The van der Waals surface area contributed by atoms with Crippen LogP contribution in [0.5, 0.6) is 0 Å². The Labute approximate surface area is 97.0 Å². The Morgan fingerprint density at radius 2 is 2.29 bits per heavy atom. The maximum absolute atomic E-state index is 10.7. The van der Waals surface area contributed by atoms with Crippen molar-refractivity contribution >= 4 is 55.4 Å². The number of hydrogen-bond acceptors (Lipinski definition) is 4. The molecule has 0 spiro atoms. The Morgan fingerprint density at radius 1 is 1.57 bits per heavy atom. The molecule has 0 fully saturated rings. The first kappa shape index (κ1) is 9.66. The van der Waals surface area contributed by atoms with Gasteiger partial charge in [0.1, 0.15) is 0 Å². The summed E-state index contributed by atoms with van der Waals surface area (Å²) < 4.78 is 1.77. The van der Waals surface area contributed by atoms with E-state index in [-0.39, 0.29) is 5.69 Å². The standard InChI is InChI=1S/C8H5IN2O2S/c9-7-5(10)3-6(11(12)13)4-1-2-14-8(4)7/h1-3H,10H2. The van der Waals surface area contributed by atoms with Gasteiger partial charge < -0.3 is 5.73 Å². The maximum atomic E-state index is 10.7. The highest BCUT2D eigenvalue weighted by Gasteiger charge is 2.16. The van der Waals surface area contributed by atoms with Crippen molar-refractivity contribution in [1.29, 1.82) is 0 Å². The van der Waals surface area contributed by atoms with Crippen LogP contribution in [0.2, 0.25) is 0 Å². The molecule has 0 saturated heterocycles. The second-order valence-corrected chi connectivity index (χ2v) is 4.71. The second kappa shape index (κ2) is 3.35. The molecule has 2 N–H and O–H groups in total. The van der Waals surface area contributed by atoms with Crippen LogP contribution in [-0.2, 0) is 0 Å².